The molecular formula is C11H17CrN. The molecule has 0 aromatic carbocycles. The minimum absolute atomic E-state index is 0.440. The molecule has 0 spiro atoms. The molecule has 72 valence electrons. The molecule has 1 unspecified atom stereocenters. The van der Waals surface area contributed by atoms with E-state index < -0.39 is 0 Å². The summed E-state index contributed by atoms with van der Waals surface area (Å²) >= 11 is 3.18. The van der Waals surface area contributed by atoms with Crippen LogP contribution in [0.4, 0.5) is 0 Å². The number of hydrogen-bond donors (Lipinski definition) is 0. The molecule has 0 bridgehead atoms. The van der Waals surface area contributed by atoms with Gasteiger partial charge in [0, 0.05) is 0 Å². The SMILES string of the molecule is C=CCC(C=C)[C](=[Cr])N1CCCC1. The van der Waals surface area contributed by atoms with Crippen molar-refractivity contribution in [2.24, 2.45) is 5.92 Å². The summed E-state index contributed by atoms with van der Waals surface area (Å²) < 4.78 is 1.34. The molecule has 0 aliphatic carbocycles. The molecule has 0 radical (unpaired) electrons. The Morgan fingerprint density at radius 3 is 2.46 bits per heavy atom. The number of likely N-dealkylation sites (tertiary alicyclic amines) is 1. The van der Waals surface area contributed by atoms with Crippen molar-refractivity contribution in [3.63, 3.8) is 0 Å². The maximum absolute atomic E-state index is 3.86. The average Bonchev–Trinajstić information content (AvgIpc) is 2.65. The van der Waals surface area contributed by atoms with Crippen molar-refractivity contribution in [3.05, 3.63) is 25.3 Å². The van der Waals surface area contributed by atoms with Crippen molar-refractivity contribution in [2.45, 2.75) is 19.3 Å². The van der Waals surface area contributed by atoms with E-state index in [1.165, 1.54) is 30.4 Å². The van der Waals surface area contributed by atoms with E-state index >= 15 is 0 Å². The summed E-state index contributed by atoms with van der Waals surface area (Å²) in [6.07, 6.45) is 7.60. The van der Waals surface area contributed by atoms with Gasteiger partial charge >= 0.3 is 88.8 Å². The van der Waals surface area contributed by atoms with E-state index in [0.717, 1.165) is 6.42 Å². The maximum atomic E-state index is 3.86. The molecule has 1 saturated heterocycles. The van der Waals surface area contributed by atoms with Crippen molar-refractivity contribution in [2.75, 3.05) is 13.1 Å². The molecule has 0 N–H and O–H groups in total. The van der Waals surface area contributed by atoms with Gasteiger partial charge in [-0.15, -0.1) is 0 Å². The fourth-order valence-electron chi connectivity index (χ4n) is 1.65. The Morgan fingerprint density at radius 1 is 1.38 bits per heavy atom. The molecule has 1 aliphatic rings. The Labute approximate surface area is 89.1 Å². The molecule has 0 aromatic heterocycles. The normalized spacial score (nSPS) is 19.7. The zero-order valence-electron chi connectivity index (χ0n) is 8.04. The molecular weight excluding hydrogens is 198 g/mol. The molecule has 1 atom stereocenters. The molecule has 0 amide bonds. The first-order valence-corrected chi connectivity index (χ1v) is 5.45. The van der Waals surface area contributed by atoms with Gasteiger partial charge in [-0.2, -0.15) is 0 Å². The average molecular weight is 215 g/mol. The summed E-state index contributed by atoms with van der Waals surface area (Å²) in [5.41, 5.74) is 0. The number of allylic oxidation sites excluding steroid dienone is 1. The van der Waals surface area contributed by atoms with Gasteiger partial charge < -0.3 is 0 Å². The van der Waals surface area contributed by atoms with Crippen LogP contribution in [0, 0.1) is 5.92 Å². The van der Waals surface area contributed by atoms with E-state index in [9.17, 15) is 0 Å². The van der Waals surface area contributed by atoms with Gasteiger partial charge in [0.2, 0.25) is 0 Å². The number of hydrogen-bond acceptors (Lipinski definition) is 1. The molecule has 2 heteroatoms. The van der Waals surface area contributed by atoms with Gasteiger partial charge in [-0.25, -0.2) is 0 Å². The van der Waals surface area contributed by atoms with Gasteiger partial charge in [-0.1, -0.05) is 0 Å². The van der Waals surface area contributed by atoms with Crippen molar-refractivity contribution in [1.29, 1.82) is 0 Å². The zero-order valence-corrected chi connectivity index (χ0v) is 9.31. The number of nitrogens with zero attached hydrogens (tertiary/aromatic N) is 1. The minimum atomic E-state index is 0.440. The molecule has 1 nitrogen and oxygen atoms in total. The fraction of sp³-hybridized carbons (Fsp3) is 0.545. The Hall–Kier alpha value is -0.158. The third-order valence-corrected chi connectivity index (χ3v) is 3.32. The molecule has 1 fully saturated rings. The Balaban J connectivity index is 2.51. The first-order valence-electron chi connectivity index (χ1n) is 4.82. The molecule has 0 saturated carbocycles. The summed E-state index contributed by atoms with van der Waals surface area (Å²) in [6, 6.07) is 0. The van der Waals surface area contributed by atoms with Crippen molar-refractivity contribution in [1.82, 2.24) is 4.90 Å². The predicted octanol–water partition coefficient (Wildman–Crippen LogP) is 2.14. The molecule has 13 heavy (non-hydrogen) atoms. The first-order chi connectivity index (χ1) is 6.29. The summed E-state index contributed by atoms with van der Waals surface area (Å²) in [6.45, 7) is 10.0. The second-order valence-electron chi connectivity index (χ2n) is 3.40. The van der Waals surface area contributed by atoms with Crippen molar-refractivity contribution >= 4 is 4.50 Å². The van der Waals surface area contributed by atoms with Crippen LogP contribution in [0.15, 0.2) is 25.3 Å². The van der Waals surface area contributed by atoms with Crippen LogP contribution >= 0.6 is 0 Å². The van der Waals surface area contributed by atoms with E-state index in [1.807, 2.05) is 12.2 Å². The van der Waals surface area contributed by atoms with E-state index in [-0.39, 0.29) is 0 Å². The van der Waals surface area contributed by atoms with Crippen molar-refractivity contribution < 1.29 is 15.9 Å². The summed E-state index contributed by atoms with van der Waals surface area (Å²) in [4.78, 5) is 2.43. The third-order valence-electron chi connectivity index (χ3n) is 2.44. The fourth-order valence-corrected chi connectivity index (χ4v) is 2.24. The van der Waals surface area contributed by atoms with Crippen molar-refractivity contribution in [3.8, 4) is 0 Å². The molecule has 1 aliphatic heterocycles. The second-order valence-corrected chi connectivity index (χ2v) is 4.05. The molecule has 0 aromatic rings. The Bertz CT molecular complexity index is 204. The van der Waals surface area contributed by atoms with Crippen LogP contribution in [0.25, 0.3) is 0 Å². The predicted molar refractivity (Wildman–Crippen MR) is 54.3 cm³/mol. The van der Waals surface area contributed by atoms with Crippen LogP contribution in [0.3, 0.4) is 0 Å². The van der Waals surface area contributed by atoms with Crippen LogP contribution in [0.2, 0.25) is 0 Å². The number of rotatable bonds is 5. The van der Waals surface area contributed by atoms with Crippen LogP contribution in [-0.4, -0.2) is 22.5 Å². The Kier molecular flexibility index (Phi) is 4.66. The topological polar surface area (TPSA) is 3.24 Å². The van der Waals surface area contributed by atoms with E-state index in [2.05, 4.69) is 33.9 Å². The molecule has 1 heterocycles. The van der Waals surface area contributed by atoms with Crippen LogP contribution in [0.5, 0.6) is 0 Å². The standard InChI is InChI=1S/C11H17N.Cr/c1-3-7-11(4-2)10-12-8-5-6-9-12;/h3-4,11H,1-2,5-9H2;. The van der Waals surface area contributed by atoms with E-state index in [0.29, 0.717) is 5.92 Å². The van der Waals surface area contributed by atoms with E-state index in [4.69, 9.17) is 0 Å². The first kappa shape index (κ1) is 10.9. The van der Waals surface area contributed by atoms with Gasteiger partial charge in [0.1, 0.15) is 0 Å². The molecule has 1 rings (SSSR count). The quantitative estimate of drug-likeness (QED) is 0.635. The summed E-state index contributed by atoms with van der Waals surface area (Å²) in [5, 5.41) is 0. The second kappa shape index (κ2) is 5.55. The van der Waals surface area contributed by atoms with Crippen LogP contribution < -0.4 is 0 Å². The van der Waals surface area contributed by atoms with Crippen LogP contribution in [0.1, 0.15) is 19.3 Å². The zero-order chi connectivity index (χ0) is 9.68. The van der Waals surface area contributed by atoms with E-state index in [1.54, 1.807) is 0 Å². The van der Waals surface area contributed by atoms with Crippen LogP contribution in [-0.2, 0) is 15.9 Å². The van der Waals surface area contributed by atoms with Gasteiger partial charge in [0.15, 0.2) is 0 Å². The summed E-state index contributed by atoms with van der Waals surface area (Å²) in [7, 11) is 0. The Morgan fingerprint density at radius 2 is 2.00 bits per heavy atom. The third kappa shape index (κ3) is 2.91. The van der Waals surface area contributed by atoms with Gasteiger partial charge in [-0.3, -0.25) is 0 Å². The monoisotopic (exact) mass is 215 g/mol. The van der Waals surface area contributed by atoms with Gasteiger partial charge in [0.25, 0.3) is 0 Å². The van der Waals surface area contributed by atoms with Gasteiger partial charge in [-0.05, 0) is 0 Å². The van der Waals surface area contributed by atoms with Gasteiger partial charge in [0.05, 0.1) is 0 Å². The summed E-state index contributed by atoms with van der Waals surface area (Å²) in [5.74, 6) is 0.440.